The van der Waals surface area contributed by atoms with Gasteiger partial charge in [0.05, 0.1) is 11.1 Å². The molecule has 2 rings (SSSR count). The summed E-state index contributed by atoms with van der Waals surface area (Å²) in [6.07, 6.45) is 0.543. The third kappa shape index (κ3) is 7.18. The predicted octanol–water partition coefficient (Wildman–Crippen LogP) is 4.50. The van der Waals surface area contributed by atoms with Crippen molar-refractivity contribution in [2.75, 3.05) is 0 Å². The van der Waals surface area contributed by atoms with E-state index in [0.717, 1.165) is 12.1 Å². The fourth-order valence-electron chi connectivity index (χ4n) is 1.27. The van der Waals surface area contributed by atoms with Gasteiger partial charge in [-0.25, -0.2) is 17.6 Å². The van der Waals surface area contributed by atoms with Gasteiger partial charge in [0.15, 0.2) is 35.8 Å². The molecule has 1 radical (unpaired) electrons. The number of nitrogens with zero attached hydrogens (tertiary/aromatic N) is 1. The van der Waals surface area contributed by atoms with Crippen molar-refractivity contribution < 1.29 is 27.2 Å². The van der Waals surface area contributed by atoms with Crippen molar-refractivity contribution in [3.05, 3.63) is 69.2 Å². The molecule has 0 atom stereocenters. The van der Waals surface area contributed by atoms with Gasteiger partial charge in [0.1, 0.15) is 0 Å². The third-order valence-corrected chi connectivity index (χ3v) is 2.71. The van der Waals surface area contributed by atoms with Gasteiger partial charge in [0.2, 0.25) is 0 Å². The summed E-state index contributed by atoms with van der Waals surface area (Å²) in [7, 11) is 4.34. The molecule has 0 aliphatic heterocycles. The molecule has 0 heterocycles. The second-order valence-electron chi connectivity index (χ2n) is 3.79. The van der Waals surface area contributed by atoms with Crippen LogP contribution >= 0.6 is 28.7 Å². The SMILES string of the molecule is O=Cc1cc(Br)cc(F)c1F.O=Cc1cccc(F)c1F.[B]=NS. The standard InChI is InChI=1S/C7H3BrF2O.C7H4F2O.BHNS/c8-5-1-4(3-11)7(10)6(9)2-5;8-6-3-1-2-5(4-10)7(6)9;1-2-3/h1-3H;1-4H;3H. The van der Waals surface area contributed by atoms with E-state index in [1.807, 2.05) is 0 Å². The van der Waals surface area contributed by atoms with E-state index in [1.165, 1.54) is 18.2 Å². The van der Waals surface area contributed by atoms with Crippen LogP contribution in [0.5, 0.6) is 0 Å². The molecule has 0 saturated carbocycles. The van der Waals surface area contributed by atoms with E-state index >= 15 is 0 Å². The molecule has 2 aromatic carbocycles. The first kappa shape index (κ1) is 22.2. The molecule has 3 nitrogen and oxygen atoms in total. The van der Waals surface area contributed by atoms with E-state index in [4.69, 9.17) is 0 Å². The third-order valence-electron chi connectivity index (χ3n) is 2.26. The van der Waals surface area contributed by atoms with Crippen molar-refractivity contribution in [1.29, 1.82) is 0 Å². The molecule has 24 heavy (non-hydrogen) atoms. The molecule has 2 aromatic rings. The first-order valence-electron chi connectivity index (χ1n) is 5.85. The summed E-state index contributed by atoms with van der Waals surface area (Å²) in [6.45, 7) is 0. The molecule has 0 unspecified atom stereocenters. The zero-order chi connectivity index (χ0) is 18.7. The number of hydrogen-bond donors (Lipinski definition) is 1. The van der Waals surface area contributed by atoms with E-state index < -0.39 is 23.3 Å². The molecule has 0 aliphatic carbocycles. The zero-order valence-corrected chi connectivity index (χ0v) is 14.2. The number of carbonyl (C=O) groups excluding carboxylic acids is 2. The number of hydrogen-bond acceptors (Lipinski definition) is 4. The van der Waals surface area contributed by atoms with Gasteiger partial charge in [0.25, 0.3) is 0 Å². The van der Waals surface area contributed by atoms with Crippen LogP contribution < -0.4 is 0 Å². The summed E-state index contributed by atoms with van der Waals surface area (Å²) in [5, 5.41) is 0. The number of carbonyl (C=O) groups is 2. The average molecular weight is 421 g/mol. The monoisotopic (exact) mass is 420 g/mol. The summed E-state index contributed by atoms with van der Waals surface area (Å²) >= 11 is 6.11. The number of halogens is 5. The first-order valence-corrected chi connectivity index (χ1v) is 7.04. The maximum atomic E-state index is 12.6. The van der Waals surface area contributed by atoms with Crippen LogP contribution in [0.15, 0.2) is 39.1 Å². The van der Waals surface area contributed by atoms with Gasteiger partial charge in [-0.05, 0) is 24.3 Å². The Kier molecular flexibility index (Phi) is 10.8. The minimum absolute atomic E-state index is 0.250. The molecule has 0 aliphatic rings. The summed E-state index contributed by atoms with van der Waals surface area (Å²) in [4.78, 5) is 20.1. The average Bonchev–Trinajstić information content (AvgIpc) is 2.55. The quantitative estimate of drug-likeness (QED) is 0.255. The molecule has 0 N–H and O–H groups in total. The number of thiol groups is 1. The molecular weight excluding hydrogens is 413 g/mol. The van der Waals surface area contributed by atoms with Crippen molar-refractivity contribution in [2.24, 2.45) is 4.30 Å². The molecule has 0 spiro atoms. The Hall–Kier alpha value is -1.81. The van der Waals surface area contributed by atoms with Crippen LogP contribution in [0.2, 0.25) is 0 Å². The van der Waals surface area contributed by atoms with Gasteiger partial charge in [-0.15, -0.1) is 0 Å². The summed E-state index contributed by atoms with van der Waals surface area (Å²) < 4.78 is 52.7. The topological polar surface area (TPSA) is 46.5 Å². The van der Waals surface area contributed by atoms with E-state index in [1.54, 1.807) is 0 Å². The van der Waals surface area contributed by atoms with Gasteiger partial charge in [0, 0.05) is 4.47 Å². The van der Waals surface area contributed by atoms with E-state index in [2.05, 4.69) is 40.7 Å². The second-order valence-corrected chi connectivity index (χ2v) is 4.93. The van der Waals surface area contributed by atoms with Gasteiger partial charge < -0.3 is 0 Å². The van der Waals surface area contributed by atoms with Crippen molar-refractivity contribution in [1.82, 2.24) is 0 Å². The van der Waals surface area contributed by atoms with Crippen LogP contribution in [0.25, 0.3) is 0 Å². The van der Waals surface area contributed by atoms with Crippen LogP contribution in [0, 0.1) is 23.3 Å². The van der Waals surface area contributed by atoms with E-state index in [-0.39, 0.29) is 23.7 Å². The molecule has 0 aromatic heterocycles. The van der Waals surface area contributed by atoms with Gasteiger partial charge in [-0.1, -0.05) is 22.0 Å². The van der Waals surface area contributed by atoms with Crippen LogP contribution in [0.1, 0.15) is 20.7 Å². The van der Waals surface area contributed by atoms with Crippen molar-refractivity contribution in [2.45, 2.75) is 0 Å². The van der Waals surface area contributed by atoms with Gasteiger partial charge in [-0.2, -0.15) is 0 Å². The molecule has 10 heteroatoms. The Morgan fingerprint density at radius 1 is 0.958 bits per heavy atom. The molecule has 0 fully saturated rings. The Bertz CT molecular complexity index is 734. The Morgan fingerprint density at radius 3 is 1.92 bits per heavy atom. The number of benzene rings is 2. The van der Waals surface area contributed by atoms with Crippen LogP contribution in [0.3, 0.4) is 0 Å². The Balaban J connectivity index is 0.000000381. The predicted molar refractivity (Wildman–Crippen MR) is 88.4 cm³/mol. The van der Waals surface area contributed by atoms with Crippen LogP contribution in [-0.2, 0) is 0 Å². The van der Waals surface area contributed by atoms with E-state index in [9.17, 15) is 27.2 Å². The first-order chi connectivity index (χ1) is 11.3. The molecular formula is C14H8BBrF4NO2S. The van der Waals surface area contributed by atoms with E-state index in [0.29, 0.717) is 4.47 Å². The fourth-order valence-corrected chi connectivity index (χ4v) is 1.72. The fraction of sp³-hybridized carbons (Fsp3) is 0. The van der Waals surface area contributed by atoms with Crippen LogP contribution in [0.4, 0.5) is 17.6 Å². The van der Waals surface area contributed by atoms with Crippen molar-refractivity contribution in [3.63, 3.8) is 0 Å². The molecule has 0 bridgehead atoms. The van der Waals surface area contributed by atoms with Gasteiger partial charge >= 0.3 is 24.8 Å². The normalized spacial score (nSPS) is 8.88. The molecule has 0 saturated heterocycles. The van der Waals surface area contributed by atoms with Crippen molar-refractivity contribution >= 4 is 49.0 Å². The second kappa shape index (κ2) is 11.7. The van der Waals surface area contributed by atoms with Crippen molar-refractivity contribution in [3.8, 4) is 0 Å². The maximum absolute atomic E-state index is 12.6. The van der Waals surface area contributed by atoms with Crippen LogP contribution in [-0.4, -0.2) is 20.2 Å². The summed E-state index contributed by atoms with van der Waals surface area (Å²) in [5.74, 6) is -4.22. The number of rotatable bonds is 2. The number of aldehydes is 2. The summed E-state index contributed by atoms with van der Waals surface area (Å²) in [6, 6.07) is 5.63. The van der Waals surface area contributed by atoms with Gasteiger partial charge in [-0.3, -0.25) is 9.59 Å². The summed E-state index contributed by atoms with van der Waals surface area (Å²) in [5.41, 5.74) is -0.531. The molecule has 0 amide bonds. The molecule has 125 valence electrons. The Labute approximate surface area is 149 Å². The Morgan fingerprint density at radius 2 is 1.46 bits per heavy atom. The zero-order valence-electron chi connectivity index (χ0n) is 11.7. The minimum atomic E-state index is -1.11.